The molecule has 0 amide bonds. The van der Waals surface area contributed by atoms with Crippen LogP contribution in [0.5, 0.6) is 0 Å². The molecule has 0 bridgehead atoms. The second-order valence-corrected chi connectivity index (χ2v) is 4.59. The van der Waals surface area contributed by atoms with Crippen LogP contribution >= 0.6 is 0 Å². The molecule has 1 saturated heterocycles. The van der Waals surface area contributed by atoms with E-state index in [4.69, 9.17) is 5.32 Å². The van der Waals surface area contributed by atoms with Crippen molar-refractivity contribution >= 4 is 0 Å². The van der Waals surface area contributed by atoms with Gasteiger partial charge in [-0.1, -0.05) is 47.0 Å². The van der Waals surface area contributed by atoms with Gasteiger partial charge in [-0.25, -0.2) is 0 Å². The van der Waals surface area contributed by atoms with Gasteiger partial charge in [-0.05, 0) is 0 Å². The molecule has 1 heterocycles. The summed E-state index contributed by atoms with van der Waals surface area (Å²) in [7, 11) is 0. The van der Waals surface area contributed by atoms with Gasteiger partial charge in [-0.15, -0.1) is 11.1 Å². The molecule has 60 valence electrons. The summed E-state index contributed by atoms with van der Waals surface area (Å²) in [5.74, 6) is 0. The molecule has 0 radical (unpaired) electrons. The van der Waals surface area contributed by atoms with Crippen LogP contribution in [-0.4, -0.2) is 11.1 Å². The maximum absolute atomic E-state index is 4.75. The summed E-state index contributed by atoms with van der Waals surface area (Å²) in [6.45, 7) is 8.92. The Morgan fingerprint density at radius 3 is 1.45 bits per heavy atom. The first-order valence-electron chi connectivity index (χ1n) is 4.15. The first-order chi connectivity index (χ1) is 4.41. The van der Waals surface area contributed by atoms with E-state index in [0.29, 0.717) is 0 Å². The number of piperidine rings is 1. The topological polar surface area (TPSA) is 14.1 Å². The van der Waals surface area contributed by atoms with Crippen LogP contribution in [0.4, 0.5) is 0 Å². The van der Waals surface area contributed by atoms with Crippen molar-refractivity contribution in [1.29, 1.82) is 0 Å². The molecule has 0 saturated carbocycles. The number of rotatable bonds is 0. The van der Waals surface area contributed by atoms with E-state index in [-0.39, 0.29) is 40.6 Å². The first-order valence-corrected chi connectivity index (χ1v) is 4.15. The summed E-state index contributed by atoms with van der Waals surface area (Å²) >= 11 is 0. The Labute approximate surface area is 92.6 Å². The molecule has 0 aromatic carbocycles. The Kier molecular flexibility index (Phi) is 4.11. The fourth-order valence-corrected chi connectivity index (χ4v) is 1.88. The van der Waals surface area contributed by atoms with Crippen molar-refractivity contribution in [2.75, 3.05) is 0 Å². The van der Waals surface area contributed by atoms with Gasteiger partial charge in [0, 0.05) is 0 Å². The summed E-state index contributed by atoms with van der Waals surface area (Å²) in [6, 6.07) is 0. The molecule has 0 aliphatic carbocycles. The molecule has 2 heteroatoms. The zero-order valence-electron chi connectivity index (χ0n) is 8.57. The molecule has 11 heavy (non-hydrogen) atoms. The maximum atomic E-state index is 4.75. The van der Waals surface area contributed by atoms with Gasteiger partial charge in [0.25, 0.3) is 0 Å². The van der Waals surface area contributed by atoms with E-state index < -0.39 is 0 Å². The van der Waals surface area contributed by atoms with Gasteiger partial charge >= 0.3 is 29.6 Å². The van der Waals surface area contributed by atoms with Crippen LogP contribution in [0.1, 0.15) is 47.0 Å². The average Bonchev–Trinajstić information content (AvgIpc) is 1.56. The molecule has 1 aliphatic heterocycles. The summed E-state index contributed by atoms with van der Waals surface area (Å²) in [6.07, 6.45) is 3.86. The Hall–Kier alpha value is 0.960. The van der Waals surface area contributed by atoms with Gasteiger partial charge in [0.1, 0.15) is 0 Å². The van der Waals surface area contributed by atoms with Crippen LogP contribution in [0.15, 0.2) is 0 Å². The van der Waals surface area contributed by atoms with Gasteiger partial charge in [-0.2, -0.15) is 0 Å². The molecule has 0 N–H and O–H groups in total. The van der Waals surface area contributed by atoms with E-state index in [2.05, 4.69) is 27.7 Å². The molecular weight excluding hydrogens is 145 g/mol. The van der Waals surface area contributed by atoms with E-state index in [9.17, 15) is 0 Å². The van der Waals surface area contributed by atoms with Gasteiger partial charge < -0.3 is 5.32 Å². The molecule has 0 spiro atoms. The van der Waals surface area contributed by atoms with Crippen molar-refractivity contribution in [3.63, 3.8) is 0 Å². The Bertz CT molecular complexity index is 116. The molecular formula is C9H18NNa. The summed E-state index contributed by atoms with van der Waals surface area (Å²) in [5.41, 5.74) is 0.476. The first kappa shape index (κ1) is 12.0. The molecule has 1 nitrogen and oxygen atoms in total. The Morgan fingerprint density at radius 2 is 1.27 bits per heavy atom. The Balaban J connectivity index is 0.000001000. The van der Waals surface area contributed by atoms with Crippen LogP contribution < -0.4 is 29.6 Å². The van der Waals surface area contributed by atoms with Crippen LogP contribution in [0.25, 0.3) is 5.32 Å². The molecule has 1 aliphatic rings. The molecule has 0 aromatic rings. The standard InChI is InChI=1S/C9H18N.Na/c1-8(2)6-5-7-9(3,4)10-8;/h5-7H2,1-4H3;/q-1;+1. The normalized spacial score (nSPS) is 27.3. The van der Waals surface area contributed by atoms with Crippen molar-refractivity contribution in [3.05, 3.63) is 5.32 Å². The van der Waals surface area contributed by atoms with E-state index in [0.717, 1.165) is 0 Å². The largest absolute Gasteiger partial charge is 1.00 e. The van der Waals surface area contributed by atoms with Crippen LogP contribution in [0, 0.1) is 0 Å². The minimum Gasteiger partial charge on any atom is -0.652 e. The minimum absolute atomic E-state index is 0. The van der Waals surface area contributed by atoms with Crippen LogP contribution in [-0.2, 0) is 0 Å². The van der Waals surface area contributed by atoms with E-state index >= 15 is 0 Å². The van der Waals surface area contributed by atoms with E-state index in [1.54, 1.807) is 0 Å². The van der Waals surface area contributed by atoms with E-state index in [1.165, 1.54) is 19.3 Å². The summed E-state index contributed by atoms with van der Waals surface area (Å²) in [5, 5.41) is 4.75. The van der Waals surface area contributed by atoms with Crippen molar-refractivity contribution < 1.29 is 29.6 Å². The molecule has 1 fully saturated rings. The smallest absolute Gasteiger partial charge is 0.652 e. The Morgan fingerprint density at radius 1 is 0.909 bits per heavy atom. The SMILES string of the molecule is CC1(C)CCCC(C)(C)[N-]1.[Na+]. The van der Waals surface area contributed by atoms with Gasteiger partial charge in [0.15, 0.2) is 0 Å². The number of hydrogen-bond acceptors (Lipinski definition) is 0. The molecule has 0 aromatic heterocycles. The fraction of sp³-hybridized carbons (Fsp3) is 1.00. The summed E-state index contributed by atoms with van der Waals surface area (Å²) in [4.78, 5) is 0. The van der Waals surface area contributed by atoms with Gasteiger partial charge in [0.05, 0.1) is 0 Å². The molecule has 1 rings (SSSR count). The van der Waals surface area contributed by atoms with E-state index in [1.807, 2.05) is 0 Å². The number of hydrogen-bond donors (Lipinski definition) is 0. The monoisotopic (exact) mass is 163 g/mol. The number of nitrogens with zero attached hydrogens (tertiary/aromatic N) is 1. The third-order valence-corrected chi connectivity index (χ3v) is 2.18. The van der Waals surface area contributed by atoms with Crippen molar-refractivity contribution in [3.8, 4) is 0 Å². The second-order valence-electron chi connectivity index (χ2n) is 4.59. The molecule has 0 atom stereocenters. The van der Waals surface area contributed by atoms with Gasteiger partial charge in [-0.3, -0.25) is 0 Å². The second kappa shape index (κ2) is 3.78. The summed E-state index contributed by atoms with van der Waals surface area (Å²) < 4.78 is 0. The van der Waals surface area contributed by atoms with Crippen molar-refractivity contribution in [2.24, 2.45) is 0 Å². The predicted molar refractivity (Wildman–Crippen MR) is 45.4 cm³/mol. The van der Waals surface area contributed by atoms with Crippen LogP contribution in [0.2, 0.25) is 0 Å². The zero-order chi connectivity index (χ0) is 7.83. The van der Waals surface area contributed by atoms with Crippen molar-refractivity contribution in [1.82, 2.24) is 0 Å². The van der Waals surface area contributed by atoms with Gasteiger partial charge in [0.2, 0.25) is 0 Å². The van der Waals surface area contributed by atoms with Crippen LogP contribution in [0.3, 0.4) is 0 Å². The fourth-order valence-electron chi connectivity index (χ4n) is 1.88. The maximum Gasteiger partial charge on any atom is 1.00 e. The van der Waals surface area contributed by atoms with Crippen molar-refractivity contribution in [2.45, 2.75) is 58.0 Å². The quantitative estimate of drug-likeness (QED) is 0.450. The minimum atomic E-state index is 0. The average molecular weight is 163 g/mol. The predicted octanol–water partition coefficient (Wildman–Crippen LogP) is 0.105. The molecule has 0 unspecified atom stereocenters. The third-order valence-electron chi connectivity index (χ3n) is 2.18. The zero-order valence-corrected chi connectivity index (χ0v) is 10.6. The third kappa shape index (κ3) is 3.93.